The average Bonchev–Trinajstić information content (AvgIpc) is 2.61. The highest BCUT2D eigenvalue weighted by Crippen LogP contribution is 2.24. The lowest BCUT2D eigenvalue weighted by Crippen LogP contribution is -2.27. The number of fused-ring (bicyclic) bond motifs is 1. The molecule has 0 aliphatic heterocycles. The highest BCUT2D eigenvalue weighted by Gasteiger charge is 2.18. The summed E-state index contributed by atoms with van der Waals surface area (Å²) in [4.78, 5) is 17.5. The fourth-order valence-corrected chi connectivity index (χ4v) is 3.97. The largest absolute Gasteiger partial charge is 0.361 e. The van der Waals surface area contributed by atoms with E-state index in [1.807, 2.05) is 46.9 Å². The van der Waals surface area contributed by atoms with Crippen LogP contribution in [0.3, 0.4) is 0 Å². The summed E-state index contributed by atoms with van der Waals surface area (Å²) in [6.07, 6.45) is 0. The van der Waals surface area contributed by atoms with E-state index in [1.165, 1.54) is 0 Å². The van der Waals surface area contributed by atoms with Gasteiger partial charge in [0.1, 0.15) is 18.2 Å². The molecule has 0 N–H and O–H groups in total. The number of aromatic nitrogens is 2. The lowest BCUT2D eigenvalue weighted by Gasteiger charge is -2.17. The highest BCUT2D eigenvalue weighted by atomic mass is 127. The Kier molecular flexibility index (Phi) is 6.12. The maximum atomic E-state index is 14.6. The minimum atomic E-state index is -1.22. The van der Waals surface area contributed by atoms with E-state index in [4.69, 9.17) is 4.74 Å². The van der Waals surface area contributed by atoms with Gasteiger partial charge in [-0.1, -0.05) is 37.8 Å². The third-order valence-corrected chi connectivity index (χ3v) is 6.81. The van der Waals surface area contributed by atoms with Crippen molar-refractivity contribution < 1.29 is 9.13 Å². The second kappa shape index (κ2) is 8.20. The van der Waals surface area contributed by atoms with Gasteiger partial charge in [-0.25, -0.2) is 9.37 Å². The van der Waals surface area contributed by atoms with Crippen molar-refractivity contribution in [2.24, 2.45) is 0 Å². The van der Waals surface area contributed by atoms with Gasteiger partial charge in [-0.05, 0) is 52.9 Å². The van der Waals surface area contributed by atoms with E-state index in [1.54, 1.807) is 22.8 Å². The predicted molar refractivity (Wildman–Crippen MR) is 118 cm³/mol. The van der Waals surface area contributed by atoms with E-state index < -0.39 is 13.9 Å². The molecular formula is C20H22FIN2O2Si. The number of para-hydroxylation sites is 2. The van der Waals surface area contributed by atoms with Crippen LogP contribution in [0.15, 0.2) is 47.3 Å². The van der Waals surface area contributed by atoms with Gasteiger partial charge in [0.2, 0.25) is 0 Å². The van der Waals surface area contributed by atoms with Gasteiger partial charge >= 0.3 is 0 Å². The van der Waals surface area contributed by atoms with Gasteiger partial charge in [-0.2, -0.15) is 0 Å². The molecule has 0 fully saturated rings. The Balaban J connectivity index is 2.05. The molecule has 1 aromatic heterocycles. The molecule has 27 heavy (non-hydrogen) atoms. The molecule has 0 aliphatic carbocycles. The summed E-state index contributed by atoms with van der Waals surface area (Å²) in [5, 5.41) is 0. The normalized spacial score (nSPS) is 11.9. The molecule has 3 aromatic rings. The number of hydrogen-bond donors (Lipinski definition) is 0. The topological polar surface area (TPSA) is 44.1 Å². The molecule has 0 atom stereocenters. The lowest BCUT2D eigenvalue weighted by molar-refractivity contribution is 0.0878. The molecule has 0 spiro atoms. The highest BCUT2D eigenvalue weighted by molar-refractivity contribution is 14.1. The Morgan fingerprint density at radius 2 is 1.89 bits per heavy atom. The molecule has 0 bridgehead atoms. The Morgan fingerprint density at radius 1 is 1.15 bits per heavy atom. The molecule has 1 heterocycles. The van der Waals surface area contributed by atoms with E-state index in [-0.39, 0.29) is 23.5 Å². The second-order valence-electron chi connectivity index (χ2n) is 7.63. The Hall–Kier alpha value is -1.58. The molecule has 0 saturated heterocycles. The number of ether oxygens (including phenoxy) is 1. The quantitative estimate of drug-likeness (QED) is 0.270. The molecule has 4 nitrogen and oxygen atoms in total. The number of rotatable bonds is 6. The van der Waals surface area contributed by atoms with E-state index in [0.29, 0.717) is 21.2 Å². The third-order valence-electron chi connectivity index (χ3n) is 4.28. The van der Waals surface area contributed by atoms with E-state index >= 15 is 0 Å². The zero-order valence-electron chi connectivity index (χ0n) is 15.6. The standard InChI is InChI=1S/C20H22FIN2O2Si/c1-27(2,3)12-11-26-13-24-17-10-5-4-9-16(17)23-19(20(24)25)14-7-6-8-15(22)18(14)21/h4-10H,11-13H2,1-3H3. The van der Waals surface area contributed by atoms with Crippen LogP contribution in [-0.4, -0.2) is 24.2 Å². The molecule has 142 valence electrons. The summed E-state index contributed by atoms with van der Waals surface area (Å²) in [7, 11) is -1.22. The van der Waals surface area contributed by atoms with Gasteiger partial charge in [0.15, 0.2) is 0 Å². The molecule has 0 radical (unpaired) electrons. The van der Waals surface area contributed by atoms with E-state index in [2.05, 4.69) is 24.6 Å². The lowest BCUT2D eigenvalue weighted by atomic mass is 10.1. The SMILES string of the molecule is C[Si](C)(C)CCOCn1c(=O)c(-c2cccc(I)c2F)nc2ccccc21. The third kappa shape index (κ3) is 4.64. The molecule has 0 unspecified atom stereocenters. The van der Waals surface area contributed by atoms with Crippen molar-refractivity contribution in [3.63, 3.8) is 0 Å². The van der Waals surface area contributed by atoms with Crippen LogP contribution in [0.5, 0.6) is 0 Å². The van der Waals surface area contributed by atoms with Crippen LogP contribution in [-0.2, 0) is 11.5 Å². The summed E-state index contributed by atoms with van der Waals surface area (Å²) in [6.45, 7) is 7.57. The van der Waals surface area contributed by atoms with Gasteiger partial charge in [-0.3, -0.25) is 9.36 Å². The van der Waals surface area contributed by atoms with Crippen LogP contribution in [0.2, 0.25) is 25.7 Å². The Bertz CT molecular complexity index is 1030. The van der Waals surface area contributed by atoms with Gasteiger partial charge in [0.25, 0.3) is 5.56 Å². The summed E-state index contributed by atoms with van der Waals surface area (Å²) in [6, 6.07) is 13.4. The van der Waals surface area contributed by atoms with Crippen molar-refractivity contribution in [3.8, 4) is 11.3 Å². The molecule has 0 amide bonds. The number of hydrogen-bond acceptors (Lipinski definition) is 3. The van der Waals surface area contributed by atoms with Crippen LogP contribution >= 0.6 is 22.6 Å². The molecule has 7 heteroatoms. The van der Waals surface area contributed by atoms with Crippen molar-refractivity contribution >= 4 is 41.7 Å². The minimum Gasteiger partial charge on any atom is -0.361 e. The summed E-state index contributed by atoms with van der Waals surface area (Å²) >= 11 is 1.92. The average molecular weight is 496 g/mol. The molecule has 0 saturated carbocycles. The molecule has 3 rings (SSSR count). The van der Waals surface area contributed by atoms with Gasteiger partial charge < -0.3 is 4.74 Å². The summed E-state index contributed by atoms with van der Waals surface area (Å²) in [5.41, 5.74) is 1.30. The number of halogens is 2. The van der Waals surface area contributed by atoms with Crippen LogP contribution < -0.4 is 5.56 Å². The monoisotopic (exact) mass is 496 g/mol. The van der Waals surface area contributed by atoms with Crippen LogP contribution in [0, 0.1) is 9.39 Å². The maximum absolute atomic E-state index is 14.6. The van der Waals surface area contributed by atoms with Crippen molar-refractivity contribution in [2.75, 3.05) is 6.61 Å². The Labute approximate surface area is 172 Å². The van der Waals surface area contributed by atoms with E-state index in [9.17, 15) is 9.18 Å². The zero-order valence-corrected chi connectivity index (χ0v) is 18.8. The first-order valence-corrected chi connectivity index (χ1v) is 13.6. The van der Waals surface area contributed by atoms with Crippen LogP contribution in [0.4, 0.5) is 4.39 Å². The Morgan fingerprint density at radius 3 is 2.63 bits per heavy atom. The second-order valence-corrected chi connectivity index (χ2v) is 14.4. The van der Waals surface area contributed by atoms with Gasteiger partial charge in [0.05, 0.1) is 11.0 Å². The molecular weight excluding hydrogens is 474 g/mol. The van der Waals surface area contributed by atoms with Crippen molar-refractivity contribution in [2.45, 2.75) is 32.4 Å². The zero-order chi connectivity index (χ0) is 19.6. The fourth-order valence-electron chi connectivity index (χ4n) is 2.72. The predicted octanol–water partition coefficient (Wildman–Crippen LogP) is 5.12. The molecule has 2 aromatic carbocycles. The van der Waals surface area contributed by atoms with Crippen molar-refractivity contribution in [1.29, 1.82) is 0 Å². The van der Waals surface area contributed by atoms with Gasteiger partial charge in [-0.15, -0.1) is 0 Å². The summed E-state index contributed by atoms with van der Waals surface area (Å²) in [5.74, 6) is -0.427. The first-order chi connectivity index (χ1) is 12.8. The first kappa shape index (κ1) is 20.2. The van der Waals surface area contributed by atoms with Crippen molar-refractivity contribution in [1.82, 2.24) is 9.55 Å². The van der Waals surface area contributed by atoms with Crippen LogP contribution in [0.25, 0.3) is 22.3 Å². The van der Waals surface area contributed by atoms with Gasteiger partial charge in [0, 0.05) is 23.8 Å². The maximum Gasteiger partial charge on any atom is 0.279 e. The van der Waals surface area contributed by atoms with Crippen LogP contribution in [0.1, 0.15) is 0 Å². The number of benzene rings is 2. The van der Waals surface area contributed by atoms with Crippen molar-refractivity contribution in [3.05, 3.63) is 62.2 Å². The minimum absolute atomic E-state index is 0.110. The first-order valence-electron chi connectivity index (χ1n) is 8.80. The molecule has 0 aliphatic rings. The summed E-state index contributed by atoms with van der Waals surface area (Å²) < 4.78 is 22.4. The smallest absolute Gasteiger partial charge is 0.279 e. The fraction of sp³-hybridized carbons (Fsp3) is 0.300. The van der Waals surface area contributed by atoms with E-state index in [0.717, 1.165) is 6.04 Å². The number of nitrogens with zero attached hydrogens (tertiary/aromatic N) is 2.